The van der Waals surface area contributed by atoms with Gasteiger partial charge >= 0.3 is 0 Å². The molecule has 10 heteroatoms. The van der Waals surface area contributed by atoms with E-state index in [2.05, 4.69) is 0 Å². The SMILES string of the molecule is CCOc1ccc(CN(/N=C(\C(=N/N(Cc2ccc(OCC)cc2)C(N)=S)c2ccccc2)c2ccccc2)C(N)=S)cc1. The number of nitrogens with zero attached hydrogens (tertiary/aromatic N) is 4. The van der Waals surface area contributed by atoms with Gasteiger partial charge < -0.3 is 20.9 Å². The van der Waals surface area contributed by atoms with E-state index in [0.29, 0.717) is 37.7 Å². The number of hydrogen-bond donors (Lipinski definition) is 2. The van der Waals surface area contributed by atoms with Gasteiger partial charge in [0.1, 0.15) is 22.9 Å². The maximum atomic E-state index is 6.24. The molecule has 0 saturated carbocycles. The molecule has 0 aliphatic rings. The Morgan fingerprint density at radius 3 is 1.20 bits per heavy atom. The fourth-order valence-electron chi connectivity index (χ4n) is 4.30. The van der Waals surface area contributed by atoms with Crippen molar-refractivity contribution in [2.45, 2.75) is 26.9 Å². The lowest BCUT2D eigenvalue weighted by atomic mass is 10.00. The predicted octanol–water partition coefficient (Wildman–Crippen LogP) is 6.08. The van der Waals surface area contributed by atoms with Crippen molar-refractivity contribution < 1.29 is 9.47 Å². The molecule has 4 aromatic carbocycles. The molecule has 0 heterocycles. The highest BCUT2D eigenvalue weighted by Crippen LogP contribution is 2.18. The van der Waals surface area contributed by atoms with Crippen molar-refractivity contribution in [3.63, 3.8) is 0 Å². The second-order valence-corrected chi connectivity index (χ2v) is 10.4. The van der Waals surface area contributed by atoms with Gasteiger partial charge in [-0.2, -0.15) is 10.2 Å². The van der Waals surface area contributed by atoms with Crippen LogP contribution in [0.3, 0.4) is 0 Å². The van der Waals surface area contributed by atoms with Gasteiger partial charge in [-0.05, 0) is 73.7 Å². The van der Waals surface area contributed by atoms with E-state index >= 15 is 0 Å². The molecule has 4 N–H and O–H groups in total. The second kappa shape index (κ2) is 16.2. The Morgan fingerprint density at radius 1 is 0.568 bits per heavy atom. The molecule has 0 amide bonds. The lowest BCUT2D eigenvalue weighted by Gasteiger charge is -2.23. The van der Waals surface area contributed by atoms with Gasteiger partial charge in [-0.25, -0.2) is 10.0 Å². The molecule has 4 rings (SSSR count). The number of benzene rings is 4. The Labute approximate surface area is 269 Å². The molecule has 226 valence electrons. The highest BCUT2D eigenvalue weighted by Gasteiger charge is 2.20. The van der Waals surface area contributed by atoms with Crippen molar-refractivity contribution in [1.29, 1.82) is 0 Å². The highest BCUT2D eigenvalue weighted by atomic mass is 32.1. The summed E-state index contributed by atoms with van der Waals surface area (Å²) in [6.45, 7) is 5.76. The van der Waals surface area contributed by atoms with Crippen LogP contribution in [0.2, 0.25) is 0 Å². The Kier molecular flexibility index (Phi) is 11.8. The average Bonchev–Trinajstić information content (AvgIpc) is 3.04. The molecule has 0 bridgehead atoms. The molecule has 0 aliphatic carbocycles. The quantitative estimate of drug-likeness (QED) is 0.105. The van der Waals surface area contributed by atoms with Gasteiger partial charge in [-0.3, -0.25) is 0 Å². The van der Waals surface area contributed by atoms with Crippen LogP contribution in [-0.2, 0) is 13.1 Å². The van der Waals surface area contributed by atoms with E-state index in [-0.39, 0.29) is 10.2 Å². The molecule has 0 saturated heterocycles. The minimum absolute atomic E-state index is 0.111. The monoisotopic (exact) mass is 624 g/mol. The Balaban J connectivity index is 1.81. The summed E-state index contributed by atoms with van der Waals surface area (Å²) >= 11 is 10.9. The third-order valence-electron chi connectivity index (χ3n) is 6.40. The highest BCUT2D eigenvalue weighted by molar-refractivity contribution is 7.80. The van der Waals surface area contributed by atoms with Crippen LogP contribution in [0.15, 0.2) is 119 Å². The van der Waals surface area contributed by atoms with Gasteiger partial charge in [0, 0.05) is 11.1 Å². The van der Waals surface area contributed by atoms with E-state index in [0.717, 1.165) is 33.8 Å². The lowest BCUT2D eigenvalue weighted by molar-refractivity contribution is 0.339. The maximum absolute atomic E-state index is 6.24. The minimum atomic E-state index is 0.111. The molecule has 44 heavy (non-hydrogen) atoms. The van der Waals surface area contributed by atoms with Crippen LogP contribution >= 0.6 is 24.4 Å². The minimum Gasteiger partial charge on any atom is -0.494 e. The van der Waals surface area contributed by atoms with Crippen molar-refractivity contribution in [2.75, 3.05) is 13.2 Å². The van der Waals surface area contributed by atoms with Crippen molar-refractivity contribution in [2.24, 2.45) is 21.7 Å². The van der Waals surface area contributed by atoms with Crippen LogP contribution in [-0.4, -0.2) is 44.9 Å². The largest absolute Gasteiger partial charge is 0.494 e. The average molecular weight is 625 g/mol. The maximum Gasteiger partial charge on any atom is 0.187 e. The topological polar surface area (TPSA) is 102 Å². The summed E-state index contributed by atoms with van der Waals surface area (Å²) in [7, 11) is 0. The van der Waals surface area contributed by atoms with Gasteiger partial charge in [-0.1, -0.05) is 84.9 Å². The van der Waals surface area contributed by atoms with Crippen molar-refractivity contribution in [3.8, 4) is 11.5 Å². The van der Waals surface area contributed by atoms with Crippen molar-refractivity contribution >= 4 is 46.1 Å². The van der Waals surface area contributed by atoms with Gasteiger partial charge in [0.2, 0.25) is 0 Å². The van der Waals surface area contributed by atoms with E-state index in [1.807, 2.05) is 123 Å². The first kappa shape index (κ1) is 32.1. The van der Waals surface area contributed by atoms with E-state index < -0.39 is 0 Å². The molecule has 0 aliphatic heterocycles. The van der Waals surface area contributed by atoms with Gasteiger partial charge in [-0.15, -0.1) is 0 Å². The molecule has 0 aromatic heterocycles. The summed E-state index contributed by atoms with van der Waals surface area (Å²) in [5, 5.41) is 13.4. The van der Waals surface area contributed by atoms with Crippen LogP contribution < -0.4 is 20.9 Å². The number of hydrazone groups is 2. The van der Waals surface area contributed by atoms with Gasteiger partial charge in [0.15, 0.2) is 10.2 Å². The Bertz CT molecular complexity index is 1460. The summed E-state index contributed by atoms with van der Waals surface area (Å²) in [6.07, 6.45) is 0. The first-order valence-electron chi connectivity index (χ1n) is 14.2. The number of thiocarbonyl (C=S) groups is 2. The smallest absolute Gasteiger partial charge is 0.187 e. The van der Waals surface area contributed by atoms with Crippen LogP contribution in [0.25, 0.3) is 0 Å². The van der Waals surface area contributed by atoms with E-state index in [4.69, 9.17) is 55.6 Å². The van der Waals surface area contributed by atoms with E-state index in [1.54, 1.807) is 10.0 Å². The van der Waals surface area contributed by atoms with Crippen LogP contribution in [0, 0.1) is 0 Å². The zero-order valence-corrected chi connectivity index (χ0v) is 26.4. The number of rotatable bonds is 13. The Hall–Kier alpha value is -4.80. The molecule has 8 nitrogen and oxygen atoms in total. The second-order valence-electron chi connectivity index (χ2n) is 9.57. The third-order valence-corrected chi connectivity index (χ3v) is 6.82. The van der Waals surface area contributed by atoms with Crippen LogP contribution in [0.5, 0.6) is 11.5 Å². The molecular formula is C34H36N6O2S2. The van der Waals surface area contributed by atoms with Crippen LogP contribution in [0.4, 0.5) is 0 Å². The molecule has 0 unspecified atom stereocenters. The lowest BCUT2D eigenvalue weighted by Crippen LogP contribution is -2.36. The third kappa shape index (κ3) is 9.10. The van der Waals surface area contributed by atoms with Crippen molar-refractivity contribution in [1.82, 2.24) is 10.0 Å². The fourth-order valence-corrected chi connectivity index (χ4v) is 4.51. The standard InChI is InChI=1S/C34H36N6O2S2/c1-3-41-29-19-15-25(16-20-29)23-39(33(35)43)37-31(27-11-7-5-8-12-27)32(28-13-9-6-10-14-28)38-40(34(36)44)24-26-17-21-30(22-18-26)42-4-2/h5-22H,3-4,23-24H2,1-2H3,(H2,35,43)(H2,36,44)/b37-31-,38-32-. The summed E-state index contributed by atoms with van der Waals surface area (Å²) in [6, 6.07) is 35.0. The first-order chi connectivity index (χ1) is 21.4. The van der Waals surface area contributed by atoms with Gasteiger partial charge in [0.25, 0.3) is 0 Å². The predicted molar refractivity (Wildman–Crippen MR) is 186 cm³/mol. The molecule has 0 fully saturated rings. The van der Waals surface area contributed by atoms with Gasteiger partial charge in [0.05, 0.1) is 26.3 Å². The molecule has 0 atom stereocenters. The summed E-state index contributed by atoms with van der Waals surface area (Å²) < 4.78 is 11.2. The normalized spacial score (nSPS) is 11.5. The molecular weight excluding hydrogens is 589 g/mol. The van der Waals surface area contributed by atoms with Crippen LogP contribution in [0.1, 0.15) is 36.1 Å². The summed E-state index contributed by atoms with van der Waals surface area (Å²) in [5.74, 6) is 1.57. The van der Waals surface area contributed by atoms with E-state index in [9.17, 15) is 0 Å². The first-order valence-corrected chi connectivity index (χ1v) is 15.0. The molecule has 4 aromatic rings. The molecule has 0 spiro atoms. The molecule has 0 radical (unpaired) electrons. The number of nitrogens with two attached hydrogens (primary N) is 2. The number of hydrogen-bond acceptors (Lipinski definition) is 6. The summed E-state index contributed by atoms with van der Waals surface area (Å²) in [5.41, 5.74) is 17.1. The number of ether oxygens (including phenoxy) is 2. The Morgan fingerprint density at radius 2 is 0.909 bits per heavy atom. The van der Waals surface area contributed by atoms with Crippen molar-refractivity contribution in [3.05, 3.63) is 131 Å². The van der Waals surface area contributed by atoms with E-state index in [1.165, 1.54) is 0 Å². The summed E-state index contributed by atoms with van der Waals surface area (Å²) in [4.78, 5) is 0. The fraction of sp³-hybridized carbons (Fsp3) is 0.176. The zero-order chi connectivity index (χ0) is 31.3. The zero-order valence-electron chi connectivity index (χ0n) is 24.8.